The number of hydrogen-bond donors (Lipinski definition) is 0. The van der Waals surface area contributed by atoms with Crippen LogP contribution in [0.3, 0.4) is 0 Å². The molecule has 1 amide bonds. The second-order valence-corrected chi connectivity index (χ2v) is 9.84. The molecule has 1 saturated carbocycles. The first kappa shape index (κ1) is 22.1. The Morgan fingerprint density at radius 3 is 2.64 bits per heavy atom. The molecule has 0 bridgehead atoms. The number of hydrogen-bond acceptors (Lipinski definition) is 3. The normalized spacial score (nSPS) is 26.3. The molecule has 1 aliphatic carbocycles. The summed E-state index contributed by atoms with van der Waals surface area (Å²) in [5.74, 6) is 0.617. The van der Waals surface area contributed by atoms with Crippen LogP contribution in [0.15, 0.2) is 54.0 Å². The van der Waals surface area contributed by atoms with Crippen LogP contribution >= 0.6 is 0 Å². The highest BCUT2D eigenvalue weighted by Crippen LogP contribution is 2.50. The number of aromatic nitrogens is 2. The molecule has 1 spiro atoms. The number of aryl methyl sites for hydroxylation is 1. The van der Waals surface area contributed by atoms with E-state index in [0.717, 1.165) is 54.4 Å². The summed E-state index contributed by atoms with van der Waals surface area (Å²) in [6.45, 7) is 7.08. The van der Waals surface area contributed by atoms with Gasteiger partial charge in [0, 0.05) is 43.2 Å². The number of benzene rings is 1. The third-order valence-corrected chi connectivity index (χ3v) is 7.81. The van der Waals surface area contributed by atoms with Crippen LogP contribution in [0.5, 0.6) is 0 Å². The Morgan fingerprint density at radius 1 is 1.21 bits per heavy atom. The van der Waals surface area contributed by atoms with Crippen molar-refractivity contribution in [2.24, 2.45) is 18.4 Å². The largest absolute Gasteiger partial charge is 0.307 e. The van der Waals surface area contributed by atoms with E-state index in [2.05, 4.69) is 16.1 Å². The van der Waals surface area contributed by atoms with Gasteiger partial charge in [0.1, 0.15) is 5.82 Å². The van der Waals surface area contributed by atoms with Gasteiger partial charge in [-0.15, -0.1) is 0 Å². The highest BCUT2D eigenvalue weighted by atomic mass is 19.1. The van der Waals surface area contributed by atoms with Gasteiger partial charge in [0.15, 0.2) is 0 Å². The Balaban J connectivity index is 1.39. The molecule has 33 heavy (non-hydrogen) atoms. The minimum absolute atomic E-state index is 0.121. The molecule has 6 heteroatoms. The number of likely N-dealkylation sites (tertiary alicyclic amines) is 2. The van der Waals surface area contributed by atoms with Gasteiger partial charge < -0.3 is 9.80 Å². The van der Waals surface area contributed by atoms with Crippen LogP contribution in [0, 0.1) is 17.2 Å². The molecule has 1 unspecified atom stereocenters. The summed E-state index contributed by atoms with van der Waals surface area (Å²) in [5.41, 5.74) is 3.75. The van der Waals surface area contributed by atoms with Crippen LogP contribution in [0.2, 0.25) is 0 Å². The molecule has 1 aromatic carbocycles. The van der Waals surface area contributed by atoms with Gasteiger partial charge in [0.2, 0.25) is 5.91 Å². The van der Waals surface area contributed by atoms with Crippen molar-refractivity contribution in [3.05, 3.63) is 65.4 Å². The van der Waals surface area contributed by atoms with Gasteiger partial charge in [-0.3, -0.25) is 9.48 Å². The van der Waals surface area contributed by atoms with E-state index < -0.39 is 5.41 Å². The van der Waals surface area contributed by atoms with E-state index >= 15 is 4.39 Å². The summed E-state index contributed by atoms with van der Waals surface area (Å²) in [7, 11) is 1.84. The van der Waals surface area contributed by atoms with E-state index in [-0.39, 0.29) is 18.3 Å². The molecule has 0 N–H and O–H groups in total. The third kappa shape index (κ3) is 3.74. The van der Waals surface area contributed by atoms with Crippen molar-refractivity contribution in [2.75, 3.05) is 19.6 Å². The predicted molar refractivity (Wildman–Crippen MR) is 127 cm³/mol. The van der Waals surface area contributed by atoms with Gasteiger partial charge in [-0.05, 0) is 62.8 Å². The van der Waals surface area contributed by atoms with Crippen LogP contribution in [-0.2, 0) is 18.4 Å². The molecule has 1 aromatic heterocycles. The molecule has 3 aliphatic rings. The van der Waals surface area contributed by atoms with Crippen LogP contribution < -0.4 is 0 Å². The van der Waals surface area contributed by atoms with Gasteiger partial charge in [0.25, 0.3) is 0 Å². The molecule has 0 radical (unpaired) electrons. The Kier molecular flexibility index (Phi) is 5.73. The standard InChI is InChI=1S/C27H33FN4O/c1-4-23-25(5-2)32(26(33)27(23)11-12-31(18-27)15-19-7-6-8-19)17-21-10-9-20(13-24(21)28)22-14-29-30(3)16-22/h4-5,9-10,13-14,16,19H,6-8,11-12,15,17-18H2,1-3H3. The number of carbonyl (C=O) groups is 1. The average Bonchev–Trinajstić information content (AvgIpc) is 3.45. The van der Waals surface area contributed by atoms with Crippen LogP contribution in [0.25, 0.3) is 11.1 Å². The lowest BCUT2D eigenvalue weighted by Gasteiger charge is -2.31. The van der Waals surface area contributed by atoms with E-state index in [1.807, 2.05) is 44.1 Å². The molecule has 5 rings (SSSR count). The fourth-order valence-electron chi connectivity index (χ4n) is 5.84. The first-order chi connectivity index (χ1) is 15.9. The lowest BCUT2D eigenvalue weighted by molar-refractivity contribution is -0.134. The van der Waals surface area contributed by atoms with Gasteiger partial charge >= 0.3 is 0 Å². The second kappa shape index (κ2) is 8.56. The Hall–Kier alpha value is -2.73. The average molecular weight is 449 g/mol. The summed E-state index contributed by atoms with van der Waals surface area (Å²) >= 11 is 0. The minimum atomic E-state index is -0.494. The van der Waals surface area contributed by atoms with E-state index in [4.69, 9.17) is 0 Å². The lowest BCUT2D eigenvalue weighted by Crippen LogP contribution is -2.38. The number of halogens is 1. The highest BCUT2D eigenvalue weighted by molar-refractivity contribution is 5.94. The van der Waals surface area contributed by atoms with Crippen molar-refractivity contribution in [1.82, 2.24) is 19.6 Å². The quantitative estimate of drug-likeness (QED) is 0.653. The van der Waals surface area contributed by atoms with Crippen molar-refractivity contribution in [1.29, 1.82) is 0 Å². The van der Waals surface area contributed by atoms with Gasteiger partial charge in [-0.1, -0.05) is 30.7 Å². The molecule has 2 aliphatic heterocycles. The zero-order valence-electron chi connectivity index (χ0n) is 19.9. The molecular formula is C27H33FN4O. The molecule has 1 atom stereocenters. The Bertz CT molecular complexity index is 1130. The highest BCUT2D eigenvalue weighted by Gasteiger charge is 2.56. The number of carbonyl (C=O) groups excluding carboxylic acids is 1. The maximum atomic E-state index is 15.1. The van der Waals surface area contributed by atoms with Gasteiger partial charge in [-0.25, -0.2) is 4.39 Å². The Morgan fingerprint density at radius 2 is 2.03 bits per heavy atom. The predicted octanol–water partition coefficient (Wildman–Crippen LogP) is 4.91. The SMILES string of the molecule is CC=C1C(=CC)C2(CCN(CC3CCC3)C2)C(=O)N1Cc1ccc(-c2cnn(C)c2)cc1F. The van der Waals surface area contributed by atoms with E-state index in [9.17, 15) is 4.79 Å². The molecule has 3 fully saturated rings. The molecule has 2 saturated heterocycles. The molecule has 3 heterocycles. The first-order valence-electron chi connectivity index (χ1n) is 12.1. The minimum Gasteiger partial charge on any atom is -0.307 e. The van der Waals surface area contributed by atoms with Crippen molar-refractivity contribution >= 4 is 5.91 Å². The monoisotopic (exact) mass is 448 g/mol. The van der Waals surface area contributed by atoms with E-state index in [1.54, 1.807) is 23.0 Å². The molecule has 2 aromatic rings. The maximum absolute atomic E-state index is 15.1. The van der Waals surface area contributed by atoms with Crippen molar-refractivity contribution < 1.29 is 9.18 Å². The Labute approximate surface area is 195 Å². The summed E-state index contributed by atoms with van der Waals surface area (Å²) in [4.78, 5) is 18.2. The number of nitrogens with zero attached hydrogens (tertiary/aromatic N) is 4. The summed E-state index contributed by atoms with van der Waals surface area (Å²) in [6.07, 6.45) is 12.5. The van der Waals surface area contributed by atoms with E-state index in [0.29, 0.717) is 5.56 Å². The number of rotatable bonds is 5. The topological polar surface area (TPSA) is 41.4 Å². The summed E-state index contributed by atoms with van der Waals surface area (Å²) < 4.78 is 16.8. The van der Waals surface area contributed by atoms with Crippen LogP contribution in [0.1, 0.15) is 45.1 Å². The summed E-state index contributed by atoms with van der Waals surface area (Å²) in [5, 5.41) is 4.17. The van der Waals surface area contributed by atoms with E-state index in [1.165, 1.54) is 19.3 Å². The van der Waals surface area contributed by atoms with Crippen molar-refractivity contribution in [3.63, 3.8) is 0 Å². The zero-order chi connectivity index (χ0) is 23.2. The lowest BCUT2D eigenvalue weighted by atomic mass is 9.80. The smallest absolute Gasteiger partial charge is 0.239 e. The number of amides is 1. The van der Waals surface area contributed by atoms with Crippen LogP contribution in [0.4, 0.5) is 4.39 Å². The number of allylic oxidation sites excluding steroid dienone is 3. The first-order valence-corrected chi connectivity index (χ1v) is 12.1. The van der Waals surface area contributed by atoms with Crippen molar-refractivity contribution in [2.45, 2.75) is 46.1 Å². The molecular weight excluding hydrogens is 415 g/mol. The van der Waals surface area contributed by atoms with Crippen LogP contribution in [-0.4, -0.2) is 45.1 Å². The summed E-state index contributed by atoms with van der Waals surface area (Å²) in [6, 6.07) is 5.26. The molecule has 174 valence electrons. The fraction of sp³-hybridized carbons (Fsp3) is 0.481. The zero-order valence-corrected chi connectivity index (χ0v) is 19.9. The third-order valence-electron chi connectivity index (χ3n) is 7.81. The van der Waals surface area contributed by atoms with Crippen molar-refractivity contribution in [3.8, 4) is 11.1 Å². The van der Waals surface area contributed by atoms with Gasteiger partial charge in [-0.2, -0.15) is 5.10 Å². The van der Waals surface area contributed by atoms with Gasteiger partial charge in [0.05, 0.1) is 18.2 Å². The maximum Gasteiger partial charge on any atom is 0.239 e. The second-order valence-electron chi connectivity index (χ2n) is 9.84. The fourth-order valence-corrected chi connectivity index (χ4v) is 5.84. The molecule has 5 nitrogen and oxygen atoms in total.